The molecule has 24 heavy (non-hydrogen) atoms. The first-order valence-electron chi connectivity index (χ1n) is 6.67. The van der Waals surface area contributed by atoms with Crippen molar-refractivity contribution < 1.29 is 16.8 Å². The van der Waals surface area contributed by atoms with E-state index in [0.29, 0.717) is 16.1 Å². The number of halogens is 1. The van der Waals surface area contributed by atoms with Crippen molar-refractivity contribution >= 4 is 43.4 Å². The molecule has 9 heteroatoms. The largest absolute Gasteiger partial charge is 0.280 e. The van der Waals surface area contributed by atoms with Crippen LogP contribution >= 0.6 is 11.6 Å². The van der Waals surface area contributed by atoms with Crippen molar-refractivity contribution in [2.24, 2.45) is 5.14 Å². The molecule has 6 nitrogen and oxygen atoms in total. The van der Waals surface area contributed by atoms with Crippen LogP contribution in [0.5, 0.6) is 0 Å². The minimum atomic E-state index is -3.94. The fraction of sp³-hybridized carbons (Fsp3) is 0.0667. The lowest BCUT2D eigenvalue weighted by Gasteiger charge is -2.08. The average Bonchev–Trinajstić information content (AvgIpc) is 2.47. The van der Waals surface area contributed by atoms with Crippen molar-refractivity contribution in [3.05, 3.63) is 64.0 Å². The summed E-state index contributed by atoms with van der Waals surface area (Å²) in [4.78, 5) is -0.135. The van der Waals surface area contributed by atoms with Crippen LogP contribution in [0.1, 0.15) is 11.1 Å². The molecule has 0 aliphatic rings. The summed E-state index contributed by atoms with van der Waals surface area (Å²) in [6, 6.07) is 10.7. The molecule has 0 bridgehead atoms. The summed E-state index contributed by atoms with van der Waals surface area (Å²) in [7, 11) is -7.75. The first-order chi connectivity index (χ1) is 11.1. The third kappa shape index (κ3) is 5.07. The smallest absolute Gasteiger partial charge is 0.255 e. The fourth-order valence-electron chi connectivity index (χ4n) is 1.91. The molecular weight excluding hydrogens is 372 g/mol. The highest BCUT2D eigenvalue weighted by molar-refractivity contribution is 7.95. The van der Waals surface area contributed by atoms with E-state index in [1.165, 1.54) is 24.3 Å². The summed E-state index contributed by atoms with van der Waals surface area (Å²) >= 11 is 5.76. The molecule has 0 fully saturated rings. The van der Waals surface area contributed by atoms with E-state index in [-0.39, 0.29) is 10.6 Å². The van der Waals surface area contributed by atoms with E-state index in [0.717, 1.165) is 5.41 Å². The Morgan fingerprint density at radius 3 is 2.25 bits per heavy atom. The quantitative estimate of drug-likeness (QED) is 0.823. The van der Waals surface area contributed by atoms with Gasteiger partial charge in [-0.25, -0.2) is 22.0 Å². The Kier molecular flexibility index (Phi) is 5.34. The number of benzene rings is 2. The molecule has 0 saturated heterocycles. The van der Waals surface area contributed by atoms with Crippen molar-refractivity contribution in [1.82, 2.24) is 0 Å². The zero-order chi connectivity index (χ0) is 18.0. The van der Waals surface area contributed by atoms with Crippen molar-refractivity contribution in [2.75, 3.05) is 4.72 Å². The van der Waals surface area contributed by atoms with Gasteiger partial charge in [0.25, 0.3) is 10.0 Å². The van der Waals surface area contributed by atoms with Gasteiger partial charge in [-0.1, -0.05) is 29.8 Å². The van der Waals surface area contributed by atoms with Gasteiger partial charge >= 0.3 is 0 Å². The molecule has 0 atom stereocenters. The normalized spacial score (nSPS) is 12.5. The number of hydrogen-bond acceptors (Lipinski definition) is 4. The van der Waals surface area contributed by atoms with Crippen LogP contribution in [-0.2, 0) is 20.0 Å². The molecule has 0 spiro atoms. The van der Waals surface area contributed by atoms with Crippen LogP contribution in [0.2, 0.25) is 5.02 Å². The molecule has 0 amide bonds. The van der Waals surface area contributed by atoms with Gasteiger partial charge in [0.05, 0.1) is 16.0 Å². The predicted octanol–water partition coefficient (Wildman–Crippen LogP) is 2.71. The first kappa shape index (κ1) is 18.5. The number of anilines is 1. The van der Waals surface area contributed by atoms with Gasteiger partial charge in [0.15, 0.2) is 0 Å². The standard InChI is InChI=1S/C15H15ClN2O4S2/c1-11-2-7-14(10-15(11)24(17,21)22)18-23(19,20)9-8-12-3-5-13(16)6-4-12/h2-10,18H,1H3,(H2,17,21,22)/b9-8+. The Morgan fingerprint density at radius 1 is 1.04 bits per heavy atom. The zero-order valence-corrected chi connectivity index (χ0v) is 15.0. The van der Waals surface area contributed by atoms with Gasteiger partial charge < -0.3 is 0 Å². The lowest BCUT2D eigenvalue weighted by Crippen LogP contribution is -2.15. The molecule has 2 aromatic rings. The fourth-order valence-corrected chi connectivity index (χ4v) is 3.70. The minimum Gasteiger partial charge on any atom is -0.280 e. The van der Waals surface area contributed by atoms with E-state index < -0.39 is 20.0 Å². The number of primary sulfonamides is 1. The second-order valence-electron chi connectivity index (χ2n) is 5.03. The number of nitrogens with two attached hydrogens (primary N) is 1. The molecule has 0 aliphatic carbocycles. The monoisotopic (exact) mass is 386 g/mol. The Bertz CT molecular complexity index is 983. The Morgan fingerprint density at radius 2 is 1.67 bits per heavy atom. The van der Waals surface area contributed by atoms with Gasteiger partial charge in [0, 0.05) is 5.02 Å². The van der Waals surface area contributed by atoms with Crippen LogP contribution in [0.25, 0.3) is 6.08 Å². The molecular formula is C15H15ClN2O4S2. The number of aryl methyl sites for hydroxylation is 1. The maximum atomic E-state index is 12.1. The lowest BCUT2D eigenvalue weighted by atomic mass is 10.2. The average molecular weight is 387 g/mol. The highest BCUT2D eigenvalue weighted by atomic mass is 35.5. The summed E-state index contributed by atoms with van der Waals surface area (Å²) in [5.74, 6) is 0. The number of hydrogen-bond donors (Lipinski definition) is 2. The summed E-state index contributed by atoms with van der Waals surface area (Å²) in [6.07, 6.45) is 1.40. The zero-order valence-electron chi connectivity index (χ0n) is 12.6. The van der Waals surface area contributed by atoms with Crippen LogP contribution in [-0.4, -0.2) is 16.8 Å². The summed E-state index contributed by atoms with van der Waals surface area (Å²) < 4.78 is 49.4. The lowest BCUT2D eigenvalue weighted by molar-refractivity contribution is 0.596. The maximum absolute atomic E-state index is 12.1. The Balaban J connectivity index is 2.25. The van der Waals surface area contributed by atoms with Gasteiger partial charge in [-0.2, -0.15) is 0 Å². The van der Waals surface area contributed by atoms with Crippen LogP contribution in [0, 0.1) is 6.92 Å². The molecule has 2 rings (SSSR count). The minimum absolute atomic E-state index is 0.102. The molecule has 0 aliphatic heterocycles. The summed E-state index contributed by atoms with van der Waals surface area (Å²) in [5, 5.41) is 6.63. The third-order valence-corrected chi connectivity index (χ3v) is 5.38. The maximum Gasteiger partial charge on any atom is 0.255 e. The molecule has 0 saturated carbocycles. The van der Waals surface area contributed by atoms with Crippen molar-refractivity contribution in [2.45, 2.75) is 11.8 Å². The predicted molar refractivity (Wildman–Crippen MR) is 95.6 cm³/mol. The molecule has 128 valence electrons. The van der Waals surface area contributed by atoms with Crippen molar-refractivity contribution in [1.29, 1.82) is 0 Å². The number of sulfonamides is 2. The van der Waals surface area contributed by atoms with E-state index in [2.05, 4.69) is 4.72 Å². The van der Waals surface area contributed by atoms with E-state index >= 15 is 0 Å². The van der Waals surface area contributed by atoms with Crippen LogP contribution in [0.3, 0.4) is 0 Å². The first-order valence-corrected chi connectivity index (χ1v) is 10.1. The van der Waals surface area contributed by atoms with E-state index in [1.54, 1.807) is 31.2 Å². The summed E-state index contributed by atoms with van der Waals surface area (Å²) in [5.41, 5.74) is 1.18. The van der Waals surface area contributed by atoms with E-state index in [9.17, 15) is 16.8 Å². The highest BCUT2D eigenvalue weighted by Gasteiger charge is 2.14. The van der Waals surface area contributed by atoms with Crippen LogP contribution < -0.4 is 9.86 Å². The van der Waals surface area contributed by atoms with Crippen LogP contribution in [0.4, 0.5) is 5.69 Å². The topological polar surface area (TPSA) is 106 Å². The SMILES string of the molecule is Cc1ccc(NS(=O)(=O)/C=C/c2ccc(Cl)cc2)cc1S(N)(=O)=O. The van der Waals surface area contributed by atoms with Crippen molar-refractivity contribution in [3.8, 4) is 0 Å². The highest BCUT2D eigenvalue weighted by Crippen LogP contribution is 2.20. The second kappa shape index (κ2) is 6.94. The molecule has 0 radical (unpaired) electrons. The van der Waals surface area contributed by atoms with Gasteiger partial charge in [-0.3, -0.25) is 4.72 Å². The van der Waals surface area contributed by atoms with E-state index in [1.807, 2.05) is 0 Å². The number of rotatable bonds is 5. The molecule has 0 heterocycles. The second-order valence-corrected chi connectivity index (χ2v) is 8.56. The molecule has 2 aromatic carbocycles. The number of nitrogens with one attached hydrogen (secondary N) is 1. The van der Waals surface area contributed by atoms with Gasteiger partial charge in [-0.15, -0.1) is 0 Å². The summed E-state index contributed by atoms with van der Waals surface area (Å²) in [6.45, 7) is 1.57. The van der Waals surface area contributed by atoms with Crippen molar-refractivity contribution in [3.63, 3.8) is 0 Å². The molecule has 0 unspecified atom stereocenters. The molecule has 0 aromatic heterocycles. The van der Waals surface area contributed by atoms with Gasteiger partial charge in [0.2, 0.25) is 10.0 Å². The van der Waals surface area contributed by atoms with Crippen LogP contribution in [0.15, 0.2) is 52.8 Å². The third-order valence-electron chi connectivity index (χ3n) is 3.06. The Hall–Kier alpha value is -1.87. The molecule has 3 N–H and O–H groups in total. The Labute approximate surface area is 146 Å². The van der Waals surface area contributed by atoms with E-state index in [4.69, 9.17) is 16.7 Å². The van der Waals surface area contributed by atoms with Gasteiger partial charge in [0.1, 0.15) is 0 Å². The van der Waals surface area contributed by atoms with Gasteiger partial charge in [-0.05, 0) is 48.4 Å².